The maximum absolute atomic E-state index is 6.17. The molecule has 2 N–H and O–H groups in total. The van der Waals surface area contributed by atoms with Gasteiger partial charge >= 0.3 is 0 Å². The summed E-state index contributed by atoms with van der Waals surface area (Å²) in [5.41, 5.74) is 9.34. The Hall–Kier alpha value is -1.81. The molecule has 0 saturated heterocycles. The topological polar surface area (TPSA) is 55.0 Å². The molecule has 4 nitrogen and oxygen atoms in total. The van der Waals surface area contributed by atoms with E-state index in [1.165, 1.54) is 0 Å². The van der Waals surface area contributed by atoms with E-state index in [2.05, 4.69) is 9.97 Å². The molecule has 0 aliphatic rings. The molecule has 0 spiro atoms. The lowest BCUT2D eigenvalue weighted by Gasteiger charge is -2.19. The highest BCUT2D eigenvalue weighted by Crippen LogP contribution is 2.22. The van der Waals surface area contributed by atoms with Gasteiger partial charge < -0.3 is 10.6 Å². The Morgan fingerprint density at radius 1 is 1.26 bits per heavy atom. The van der Waals surface area contributed by atoms with E-state index in [-0.39, 0.29) is 0 Å². The van der Waals surface area contributed by atoms with Crippen LogP contribution in [0.4, 0.5) is 11.5 Å². The van der Waals surface area contributed by atoms with Gasteiger partial charge in [-0.25, -0.2) is 4.98 Å². The number of aryl methyl sites for hydroxylation is 2. The molecule has 19 heavy (non-hydrogen) atoms. The fourth-order valence-corrected chi connectivity index (χ4v) is 1.94. The van der Waals surface area contributed by atoms with Gasteiger partial charge in [-0.1, -0.05) is 11.6 Å². The summed E-state index contributed by atoms with van der Waals surface area (Å²) in [5.74, 6) is 0.821. The quantitative estimate of drug-likeness (QED) is 0.876. The minimum absolute atomic E-state index is 0.640. The van der Waals surface area contributed by atoms with Crippen LogP contribution in [0.5, 0.6) is 0 Å². The average Bonchev–Trinajstić information content (AvgIpc) is 2.37. The number of hydrogen-bond acceptors (Lipinski definition) is 4. The lowest BCUT2D eigenvalue weighted by molar-refractivity contribution is 0.876. The summed E-state index contributed by atoms with van der Waals surface area (Å²) in [5, 5.41) is 0.706. The Balaban J connectivity index is 2.22. The van der Waals surface area contributed by atoms with Crippen LogP contribution in [0, 0.1) is 13.8 Å². The molecule has 0 bridgehead atoms. The van der Waals surface area contributed by atoms with Crippen LogP contribution in [0.2, 0.25) is 5.02 Å². The second kappa shape index (κ2) is 5.45. The van der Waals surface area contributed by atoms with Crippen molar-refractivity contribution in [2.24, 2.45) is 0 Å². The van der Waals surface area contributed by atoms with Crippen LogP contribution >= 0.6 is 11.6 Å². The first-order valence-electron chi connectivity index (χ1n) is 6.02. The number of benzene rings is 1. The van der Waals surface area contributed by atoms with E-state index >= 15 is 0 Å². The first-order valence-corrected chi connectivity index (χ1v) is 6.40. The first kappa shape index (κ1) is 13.6. The average molecular weight is 277 g/mol. The summed E-state index contributed by atoms with van der Waals surface area (Å²) in [6.07, 6.45) is 1.77. The molecule has 100 valence electrons. The lowest BCUT2D eigenvalue weighted by atomic mass is 10.2. The van der Waals surface area contributed by atoms with Gasteiger partial charge in [0.2, 0.25) is 0 Å². The van der Waals surface area contributed by atoms with Gasteiger partial charge in [0.05, 0.1) is 17.6 Å². The molecule has 1 heterocycles. The van der Waals surface area contributed by atoms with Crippen LogP contribution in [-0.4, -0.2) is 17.0 Å². The minimum Gasteiger partial charge on any atom is -0.399 e. The first-order chi connectivity index (χ1) is 8.97. The SMILES string of the molecule is Cc1ncc(N(C)Cc2cc(N)ccc2Cl)nc1C. The lowest BCUT2D eigenvalue weighted by Crippen LogP contribution is -2.19. The standard InChI is InChI=1S/C14H17ClN4/c1-9-10(2)18-14(7-17-9)19(3)8-11-6-12(16)4-5-13(11)15/h4-7H,8,16H2,1-3H3. The second-order valence-electron chi connectivity index (χ2n) is 4.61. The highest BCUT2D eigenvalue weighted by molar-refractivity contribution is 6.31. The number of hydrogen-bond donors (Lipinski definition) is 1. The van der Waals surface area contributed by atoms with Crippen molar-refractivity contribution >= 4 is 23.1 Å². The normalized spacial score (nSPS) is 10.5. The van der Waals surface area contributed by atoms with E-state index in [0.717, 1.165) is 22.8 Å². The zero-order valence-electron chi connectivity index (χ0n) is 11.3. The number of halogens is 1. The molecule has 0 atom stereocenters. The van der Waals surface area contributed by atoms with Crippen molar-refractivity contribution in [3.05, 3.63) is 46.4 Å². The summed E-state index contributed by atoms with van der Waals surface area (Å²) < 4.78 is 0. The van der Waals surface area contributed by atoms with Crippen molar-refractivity contribution in [2.45, 2.75) is 20.4 Å². The number of nitrogen functional groups attached to an aromatic ring is 1. The number of aromatic nitrogens is 2. The van der Waals surface area contributed by atoms with Crippen LogP contribution < -0.4 is 10.6 Å². The molecule has 0 fully saturated rings. The van der Waals surface area contributed by atoms with Crippen molar-refractivity contribution in [1.29, 1.82) is 0 Å². The zero-order chi connectivity index (χ0) is 14.0. The molecule has 2 aromatic rings. The number of rotatable bonds is 3. The number of anilines is 2. The Morgan fingerprint density at radius 2 is 2.00 bits per heavy atom. The van der Waals surface area contributed by atoms with E-state index in [0.29, 0.717) is 17.3 Å². The molecule has 0 amide bonds. The molecular formula is C14H17ClN4. The molecule has 1 aromatic carbocycles. The van der Waals surface area contributed by atoms with Crippen LogP contribution in [-0.2, 0) is 6.54 Å². The third-order valence-corrected chi connectivity index (χ3v) is 3.42. The van der Waals surface area contributed by atoms with E-state index < -0.39 is 0 Å². The van der Waals surface area contributed by atoms with Crippen LogP contribution in [0.25, 0.3) is 0 Å². The highest BCUT2D eigenvalue weighted by atomic mass is 35.5. The second-order valence-corrected chi connectivity index (χ2v) is 5.01. The van der Waals surface area contributed by atoms with Gasteiger partial charge in [0.1, 0.15) is 5.82 Å². The Bertz CT molecular complexity index is 598. The molecular weight excluding hydrogens is 260 g/mol. The Labute approximate surface area is 118 Å². The van der Waals surface area contributed by atoms with Crippen molar-refractivity contribution in [3.8, 4) is 0 Å². The van der Waals surface area contributed by atoms with E-state index in [4.69, 9.17) is 17.3 Å². The monoisotopic (exact) mass is 276 g/mol. The molecule has 0 aliphatic heterocycles. The van der Waals surface area contributed by atoms with Gasteiger partial charge in [0, 0.05) is 24.3 Å². The van der Waals surface area contributed by atoms with Crippen molar-refractivity contribution in [1.82, 2.24) is 9.97 Å². The molecule has 5 heteroatoms. The predicted octanol–water partition coefficient (Wildman–Crippen LogP) is 2.97. The summed E-state index contributed by atoms with van der Waals surface area (Å²) in [6, 6.07) is 5.49. The Morgan fingerprint density at radius 3 is 2.68 bits per heavy atom. The molecule has 0 aliphatic carbocycles. The summed E-state index contributed by atoms with van der Waals surface area (Å²) in [4.78, 5) is 10.8. The van der Waals surface area contributed by atoms with Gasteiger partial charge in [-0.05, 0) is 37.6 Å². The number of nitrogens with zero attached hydrogens (tertiary/aromatic N) is 3. The van der Waals surface area contributed by atoms with Gasteiger partial charge in [0.25, 0.3) is 0 Å². The smallest absolute Gasteiger partial charge is 0.147 e. The van der Waals surface area contributed by atoms with Gasteiger partial charge in [-0.2, -0.15) is 0 Å². The molecule has 1 aromatic heterocycles. The summed E-state index contributed by atoms with van der Waals surface area (Å²) in [6.45, 7) is 4.54. The fraction of sp³-hybridized carbons (Fsp3) is 0.286. The van der Waals surface area contributed by atoms with Crippen LogP contribution in [0.15, 0.2) is 24.4 Å². The van der Waals surface area contributed by atoms with E-state index in [9.17, 15) is 0 Å². The fourth-order valence-electron chi connectivity index (χ4n) is 1.77. The molecule has 0 saturated carbocycles. The van der Waals surface area contributed by atoms with Gasteiger partial charge in [0.15, 0.2) is 0 Å². The highest BCUT2D eigenvalue weighted by Gasteiger charge is 2.08. The molecule has 0 radical (unpaired) electrons. The summed E-state index contributed by atoms with van der Waals surface area (Å²) >= 11 is 6.17. The largest absolute Gasteiger partial charge is 0.399 e. The van der Waals surface area contributed by atoms with Crippen molar-refractivity contribution < 1.29 is 0 Å². The van der Waals surface area contributed by atoms with Crippen molar-refractivity contribution in [2.75, 3.05) is 17.7 Å². The summed E-state index contributed by atoms with van der Waals surface area (Å²) in [7, 11) is 1.96. The molecule has 0 unspecified atom stereocenters. The Kier molecular flexibility index (Phi) is 3.90. The third-order valence-electron chi connectivity index (χ3n) is 3.05. The minimum atomic E-state index is 0.640. The van der Waals surface area contributed by atoms with E-state index in [1.54, 1.807) is 12.3 Å². The third kappa shape index (κ3) is 3.15. The van der Waals surface area contributed by atoms with Gasteiger partial charge in [-0.15, -0.1) is 0 Å². The maximum Gasteiger partial charge on any atom is 0.147 e. The van der Waals surface area contributed by atoms with Crippen molar-refractivity contribution in [3.63, 3.8) is 0 Å². The molecule has 2 rings (SSSR count). The number of nitrogens with two attached hydrogens (primary N) is 1. The van der Waals surface area contributed by atoms with Crippen LogP contribution in [0.1, 0.15) is 17.0 Å². The van der Waals surface area contributed by atoms with Gasteiger partial charge in [-0.3, -0.25) is 4.98 Å². The maximum atomic E-state index is 6.17. The van der Waals surface area contributed by atoms with E-state index in [1.807, 2.05) is 37.9 Å². The zero-order valence-corrected chi connectivity index (χ0v) is 12.1. The predicted molar refractivity (Wildman–Crippen MR) is 79.5 cm³/mol. The van der Waals surface area contributed by atoms with Crippen LogP contribution in [0.3, 0.4) is 0 Å².